The normalized spacial score (nSPS) is 31.1. The molecule has 0 aromatic heterocycles. The molecule has 0 radical (unpaired) electrons. The van der Waals surface area contributed by atoms with Gasteiger partial charge in [-0.25, -0.2) is 0 Å². The summed E-state index contributed by atoms with van der Waals surface area (Å²) in [5.74, 6) is 2.38. The van der Waals surface area contributed by atoms with Crippen LogP contribution >= 0.6 is 0 Å². The predicted molar refractivity (Wildman–Crippen MR) is 71.7 cm³/mol. The molecule has 1 aliphatic rings. The second kappa shape index (κ2) is 5.68. The summed E-state index contributed by atoms with van der Waals surface area (Å²) in [6, 6.07) is 10.1. The average Bonchev–Trinajstić information content (AvgIpc) is 2.35. The minimum Gasteiger partial charge on any atom is -0.388 e. The van der Waals surface area contributed by atoms with Crippen molar-refractivity contribution in [3.05, 3.63) is 35.9 Å². The molecule has 1 aromatic carbocycles. The van der Waals surface area contributed by atoms with Gasteiger partial charge >= 0.3 is 0 Å². The molecule has 0 saturated heterocycles. The summed E-state index contributed by atoms with van der Waals surface area (Å²) < 4.78 is 0. The third kappa shape index (κ3) is 3.32. The van der Waals surface area contributed by atoms with E-state index >= 15 is 0 Å². The Balaban J connectivity index is 1.89. The molecular formula is C16H24O. The van der Waals surface area contributed by atoms with Crippen molar-refractivity contribution in [2.45, 2.75) is 45.6 Å². The van der Waals surface area contributed by atoms with Gasteiger partial charge in [0.1, 0.15) is 0 Å². The first kappa shape index (κ1) is 12.6. The fourth-order valence-electron chi connectivity index (χ4n) is 3.00. The molecule has 1 aliphatic carbocycles. The van der Waals surface area contributed by atoms with Crippen LogP contribution in [0.4, 0.5) is 0 Å². The molecule has 1 nitrogen and oxygen atoms in total. The second-order valence-electron chi connectivity index (χ2n) is 5.80. The van der Waals surface area contributed by atoms with Gasteiger partial charge in [0.2, 0.25) is 0 Å². The lowest BCUT2D eigenvalue weighted by Gasteiger charge is -2.33. The van der Waals surface area contributed by atoms with Crippen LogP contribution < -0.4 is 0 Å². The fraction of sp³-hybridized carbons (Fsp3) is 0.625. The summed E-state index contributed by atoms with van der Waals surface area (Å²) in [5.41, 5.74) is 1.07. The summed E-state index contributed by atoms with van der Waals surface area (Å²) in [4.78, 5) is 0. The van der Waals surface area contributed by atoms with Crippen LogP contribution in [0.15, 0.2) is 30.3 Å². The number of aliphatic hydroxyl groups excluding tert-OH is 1. The van der Waals surface area contributed by atoms with Crippen LogP contribution in [0.2, 0.25) is 0 Å². The van der Waals surface area contributed by atoms with Crippen molar-refractivity contribution >= 4 is 0 Å². The lowest BCUT2D eigenvalue weighted by molar-refractivity contribution is 0.108. The van der Waals surface area contributed by atoms with Crippen molar-refractivity contribution in [3.63, 3.8) is 0 Å². The Morgan fingerprint density at radius 2 is 1.82 bits per heavy atom. The van der Waals surface area contributed by atoms with E-state index in [4.69, 9.17) is 0 Å². The molecule has 0 bridgehead atoms. The zero-order chi connectivity index (χ0) is 12.3. The summed E-state index contributed by atoms with van der Waals surface area (Å²) in [5, 5.41) is 10.2. The summed E-state index contributed by atoms with van der Waals surface area (Å²) in [7, 11) is 0. The number of benzene rings is 1. The van der Waals surface area contributed by atoms with Crippen molar-refractivity contribution in [3.8, 4) is 0 Å². The lowest BCUT2D eigenvalue weighted by atomic mass is 9.74. The van der Waals surface area contributed by atoms with Gasteiger partial charge in [0.05, 0.1) is 6.10 Å². The van der Waals surface area contributed by atoms with E-state index in [1.54, 1.807) is 0 Å². The van der Waals surface area contributed by atoms with Crippen LogP contribution in [-0.2, 0) is 0 Å². The molecule has 94 valence electrons. The van der Waals surface area contributed by atoms with Gasteiger partial charge in [0, 0.05) is 0 Å². The van der Waals surface area contributed by atoms with Crippen LogP contribution in [0.3, 0.4) is 0 Å². The van der Waals surface area contributed by atoms with Gasteiger partial charge in [0.15, 0.2) is 0 Å². The molecule has 1 heteroatoms. The Kier molecular flexibility index (Phi) is 4.22. The van der Waals surface area contributed by atoms with E-state index in [1.165, 1.54) is 19.3 Å². The summed E-state index contributed by atoms with van der Waals surface area (Å²) in [6.45, 7) is 4.71. The quantitative estimate of drug-likeness (QED) is 0.828. The average molecular weight is 232 g/mol. The SMILES string of the molecule is CC1CCC(CC(O)c2ccccc2)CC1C. The van der Waals surface area contributed by atoms with Gasteiger partial charge in [-0.2, -0.15) is 0 Å². The molecule has 0 amide bonds. The largest absolute Gasteiger partial charge is 0.388 e. The van der Waals surface area contributed by atoms with Crippen molar-refractivity contribution in [2.24, 2.45) is 17.8 Å². The molecule has 1 fully saturated rings. The minimum atomic E-state index is -0.276. The molecular weight excluding hydrogens is 208 g/mol. The molecule has 0 spiro atoms. The topological polar surface area (TPSA) is 20.2 Å². The molecule has 0 heterocycles. The van der Waals surface area contributed by atoms with E-state index in [0.29, 0.717) is 5.92 Å². The fourth-order valence-corrected chi connectivity index (χ4v) is 3.00. The van der Waals surface area contributed by atoms with Gasteiger partial charge in [-0.1, -0.05) is 57.0 Å². The van der Waals surface area contributed by atoms with E-state index in [2.05, 4.69) is 13.8 Å². The first-order valence-electron chi connectivity index (χ1n) is 6.90. The molecule has 0 aliphatic heterocycles. The van der Waals surface area contributed by atoms with Gasteiger partial charge in [-0.15, -0.1) is 0 Å². The first-order chi connectivity index (χ1) is 8.16. The maximum Gasteiger partial charge on any atom is 0.0792 e. The van der Waals surface area contributed by atoms with Gasteiger partial charge < -0.3 is 5.11 Å². The predicted octanol–water partition coefficient (Wildman–Crippen LogP) is 4.18. The Labute approximate surface area is 105 Å². The molecule has 1 saturated carbocycles. The zero-order valence-corrected chi connectivity index (χ0v) is 11.0. The third-order valence-corrected chi connectivity index (χ3v) is 4.45. The monoisotopic (exact) mass is 232 g/mol. The standard InChI is InChI=1S/C16H24O/c1-12-8-9-14(10-13(12)2)11-16(17)15-6-4-3-5-7-15/h3-7,12-14,16-17H,8-11H2,1-2H3. The highest BCUT2D eigenvalue weighted by molar-refractivity contribution is 5.17. The Bertz CT molecular complexity index is 333. The Hall–Kier alpha value is -0.820. The highest BCUT2D eigenvalue weighted by Crippen LogP contribution is 2.37. The summed E-state index contributed by atoms with van der Waals surface area (Å²) >= 11 is 0. The zero-order valence-electron chi connectivity index (χ0n) is 11.0. The number of hydrogen-bond acceptors (Lipinski definition) is 1. The highest BCUT2D eigenvalue weighted by Gasteiger charge is 2.26. The maximum absolute atomic E-state index is 10.2. The van der Waals surface area contributed by atoms with Gasteiger partial charge in [-0.3, -0.25) is 0 Å². The highest BCUT2D eigenvalue weighted by atomic mass is 16.3. The van der Waals surface area contributed by atoms with Gasteiger partial charge in [0.25, 0.3) is 0 Å². The van der Waals surface area contributed by atoms with Crippen LogP contribution in [0.25, 0.3) is 0 Å². The summed E-state index contributed by atoms with van der Waals surface area (Å²) in [6.07, 6.45) is 4.55. The Morgan fingerprint density at radius 3 is 2.47 bits per heavy atom. The van der Waals surface area contributed by atoms with Crippen molar-refractivity contribution in [1.29, 1.82) is 0 Å². The first-order valence-corrected chi connectivity index (χ1v) is 6.90. The van der Waals surface area contributed by atoms with E-state index < -0.39 is 0 Å². The minimum absolute atomic E-state index is 0.276. The number of hydrogen-bond donors (Lipinski definition) is 1. The second-order valence-corrected chi connectivity index (χ2v) is 5.80. The van der Waals surface area contributed by atoms with Crippen LogP contribution in [0.5, 0.6) is 0 Å². The number of aliphatic hydroxyl groups is 1. The molecule has 4 unspecified atom stereocenters. The maximum atomic E-state index is 10.2. The molecule has 1 aromatic rings. The van der Waals surface area contributed by atoms with Crippen molar-refractivity contribution in [1.82, 2.24) is 0 Å². The van der Waals surface area contributed by atoms with E-state index in [1.807, 2.05) is 30.3 Å². The van der Waals surface area contributed by atoms with Crippen LogP contribution in [0, 0.1) is 17.8 Å². The van der Waals surface area contributed by atoms with Gasteiger partial charge in [-0.05, 0) is 36.2 Å². The van der Waals surface area contributed by atoms with Crippen LogP contribution in [0.1, 0.15) is 51.2 Å². The number of rotatable bonds is 3. The third-order valence-electron chi connectivity index (χ3n) is 4.45. The van der Waals surface area contributed by atoms with Crippen molar-refractivity contribution < 1.29 is 5.11 Å². The van der Waals surface area contributed by atoms with E-state index in [9.17, 15) is 5.11 Å². The molecule has 2 rings (SSSR count). The molecule has 1 N–H and O–H groups in total. The van der Waals surface area contributed by atoms with Crippen LogP contribution in [-0.4, -0.2) is 5.11 Å². The smallest absolute Gasteiger partial charge is 0.0792 e. The van der Waals surface area contributed by atoms with E-state index in [-0.39, 0.29) is 6.10 Å². The molecule has 4 atom stereocenters. The van der Waals surface area contributed by atoms with Crippen molar-refractivity contribution in [2.75, 3.05) is 0 Å². The Morgan fingerprint density at radius 1 is 1.12 bits per heavy atom. The van der Waals surface area contributed by atoms with E-state index in [0.717, 1.165) is 23.8 Å². The molecule has 17 heavy (non-hydrogen) atoms. The lowest BCUT2D eigenvalue weighted by Crippen LogP contribution is -2.22.